The number of para-hydroxylation sites is 2. The van der Waals surface area contributed by atoms with Gasteiger partial charge in [0, 0.05) is 0 Å². The van der Waals surface area contributed by atoms with E-state index in [1.165, 1.54) is 0 Å². The second-order valence-corrected chi connectivity index (χ2v) is 4.65. The van der Waals surface area contributed by atoms with E-state index >= 15 is 0 Å². The van der Waals surface area contributed by atoms with E-state index in [4.69, 9.17) is 4.42 Å². The number of aliphatic hydroxyl groups excluding tert-OH is 1. The van der Waals surface area contributed by atoms with Crippen molar-refractivity contribution in [2.45, 2.75) is 19.4 Å². The summed E-state index contributed by atoms with van der Waals surface area (Å²) in [5.74, 6) is 0.567. The van der Waals surface area contributed by atoms with E-state index in [9.17, 15) is 5.11 Å². The van der Waals surface area contributed by atoms with E-state index < -0.39 is 6.10 Å². The molecule has 0 aliphatic heterocycles. The first-order valence-electron chi connectivity index (χ1n) is 6.32. The quantitative estimate of drug-likeness (QED) is 0.778. The number of aliphatic hydroxyl groups is 1. The highest BCUT2D eigenvalue weighted by Gasteiger charge is 2.14. The summed E-state index contributed by atoms with van der Waals surface area (Å²) in [7, 11) is 0. The van der Waals surface area contributed by atoms with Gasteiger partial charge in [0.1, 0.15) is 5.52 Å². The van der Waals surface area contributed by atoms with Crippen molar-refractivity contribution in [1.29, 1.82) is 0 Å². The van der Waals surface area contributed by atoms with E-state index in [-0.39, 0.29) is 0 Å². The Labute approximate surface area is 111 Å². The fraction of sp³-hybridized carbons (Fsp3) is 0.188. The Balaban J connectivity index is 1.86. The highest BCUT2D eigenvalue weighted by molar-refractivity contribution is 5.72. The normalized spacial score (nSPS) is 12.7. The molecule has 2 aromatic carbocycles. The highest BCUT2D eigenvalue weighted by Crippen LogP contribution is 2.23. The lowest BCUT2D eigenvalue weighted by atomic mass is 10.0. The monoisotopic (exact) mass is 253 g/mol. The van der Waals surface area contributed by atoms with Crippen LogP contribution in [0.1, 0.15) is 23.1 Å². The van der Waals surface area contributed by atoms with Gasteiger partial charge in [-0.2, -0.15) is 0 Å². The van der Waals surface area contributed by atoms with Crippen LogP contribution in [0.25, 0.3) is 11.1 Å². The van der Waals surface area contributed by atoms with Gasteiger partial charge in [-0.3, -0.25) is 0 Å². The molecule has 0 fully saturated rings. The fourth-order valence-corrected chi connectivity index (χ4v) is 2.24. The van der Waals surface area contributed by atoms with Crippen LogP contribution in [0.5, 0.6) is 0 Å². The average molecular weight is 253 g/mol. The summed E-state index contributed by atoms with van der Waals surface area (Å²) in [6.45, 7) is 1.99. The van der Waals surface area contributed by atoms with Crippen molar-refractivity contribution < 1.29 is 9.52 Å². The van der Waals surface area contributed by atoms with Crippen LogP contribution < -0.4 is 0 Å². The molecule has 96 valence electrons. The van der Waals surface area contributed by atoms with Crippen molar-refractivity contribution in [3.63, 3.8) is 0 Å². The number of aromatic nitrogens is 1. The van der Waals surface area contributed by atoms with Crippen LogP contribution in [0.4, 0.5) is 0 Å². The number of aryl methyl sites for hydroxylation is 1. The number of oxazole rings is 1. The summed E-state index contributed by atoms with van der Waals surface area (Å²) in [4.78, 5) is 4.38. The molecule has 0 aliphatic rings. The Hall–Kier alpha value is -2.13. The third kappa shape index (κ3) is 2.37. The van der Waals surface area contributed by atoms with Crippen LogP contribution in [0.2, 0.25) is 0 Å². The lowest BCUT2D eigenvalue weighted by Gasteiger charge is -2.11. The Bertz CT molecular complexity index is 670. The smallest absolute Gasteiger partial charge is 0.198 e. The molecule has 0 saturated carbocycles. The molecule has 1 aromatic heterocycles. The Kier molecular flexibility index (Phi) is 3.05. The zero-order chi connectivity index (χ0) is 13.2. The van der Waals surface area contributed by atoms with E-state index in [1.807, 2.05) is 55.5 Å². The molecule has 3 heteroatoms. The molecule has 0 saturated heterocycles. The van der Waals surface area contributed by atoms with Gasteiger partial charge in [0.15, 0.2) is 11.5 Å². The molecule has 3 nitrogen and oxygen atoms in total. The summed E-state index contributed by atoms with van der Waals surface area (Å²) in [6, 6.07) is 15.4. The number of hydrogen-bond acceptors (Lipinski definition) is 3. The van der Waals surface area contributed by atoms with Gasteiger partial charge in [0.25, 0.3) is 0 Å². The molecule has 3 aromatic rings. The maximum Gasteiger partial charge on any atom is 0.198 e. The molecule has 0 radical (unpaired) electrons. The number of fused-ring (bicyclic) bond motifs is 1. The highest BCUT2D eigenvalue weighted by atomic mass is 16.4. The van der Waals surface area contributed by atoms with Crippen LogP contribution >= 0.6 is 0 Å². The summed E-state index contributed by atoms with van der Waals surface area (Å²) in [5.41, 5.74) is 3.58. The van der Waals surface area contributed by atoms with Gasteiger partial charge in [-0.05, 0) is 30.2 Å². The zero-order valence-corrected chi connectivity index (χ0v) is 10.7. The molecule has 19 heavy (non-hydrogen) atoms. The molecule has 0 aliphatic carbocycles. The van der Waals surface area contributed by atoms with Gasteiger partial charge >= 0.3 is 0 Å². The van der Waals surface area contributed by atoms with Gasteiger partial charge in [0.05, 0.1) is 12.5 Å². The zero-order valence-electron chi connectivity index (χ0n) is 10.7. The van der Waals surface area contributed by atoms with Gasteiger partial charge in [-0.15, -0.1) is 0 Å². The summed E-state index contributed by atoms with van der Waals surface area (Å²) < 4.78 is 5.63. The summed E-state index contributed by atoms with van der Waals surface area (Å²) in [5, 5.41) is 10.3. The topological polar surface area (TPSA) is 46.3 Å². The molecular formula is C16H15NO2. The van der Waals surface area contributed by atoms with Crippen molar-refractivity contribution in [3.05, 3.63) is 65.5 Å². The first-order chi connectivity index (χ1) is 9.24. The predicted molar refractivity (Wildman–Crippen MR) is 73.9 cm³/mol. The molecule has 0 amide bonds. The Morgan fingerprint density at radius 3 is 2.63 bits per heavy atom. The fourth-order valence-electron chi connectivity index (χ4n) is 2.24. The number of rotatable bonds is 3. The van der Waals surface area contributed by atoms with E-state index in [1.54, 1.807) is 0 Å². The summed E-state index contributed by atoms with van der Waals surface area (Å²) in [6.07, 6.45) is -0.200. The van der Waals surface area contributed by atoms with Crippen LogP contribution in [0.15, 0.2) is 52.9 Å². The Morgan fingerprint density at radius 2 is 1.84 bits per heavy atom. The van der Waals surface area contributed by atoms with Gasteiger partial charge in [-0.1, -0.05) is 36.4 Å². The van der Waals surface area contributed by atoms with Crippen LogP contribution in [0.3, 0.4) is 0 Å². The number of benzene rings is 2. The number of nitrogens with zero attached hydrogens (tertiary/aromatic N) is 1. The van der Waals surface area contributed by atoms with Crippen molar-refractivity contribution >= 4 is 11.1 Å². The van der Waals surface area contributed by atoms with Crippen LogP contribution in [-0.4, -0.2) is 10.1 Å². The molecule has 0 spiro atoms. The molecule has 0 bridgehead atoms. The average Bonchev–Trinajstić information content (AvgIpc) is 2.81. The van der Waals surface area contributed by atoms with E-state index in [0.717, 1.165) is 22.2 Å². The SMILES string of the molecule is Cc1ccccc1C(O)Cc1nc2ccccc2o1. The van der Waals surface area contributed by atoms with E-state index in [2.05, 4.69) is 4.98 Å². The molecular weight excluding hydrogens is 238 g/mol. The van der Waals surface area contributed by atoms with Crippen molar-refractivity contribution in [3.8, 4) is 0 Å². The number of hydrogen-bond donors (Lipinski definition) is 1. The first-order valence-corrected chi connectivity index (χ1v) is 6.32. The van der Waals surface area contributed by atoms with Gasteiger partial charge in [0.2, 0.25) is 0 Å². The molecule has 1 heterocycles. The summed E-state index contributed by atoms with van der Waals surface area (Å²) >= 11 is 0. The minimum Gasteiger partial charge on any atom is -0.441 e. The van der Waals surface area contributed by atoms with Crippen molar-refractivity contribution in [2.75, 3.05) is 0 Å². The lowest BCUT2D eigenvalue weighted by Crippen LogP contribution is -2.03. The van der Waals surface area contributed by atoms with Gasteiger partial charge < -0.3 is 9.52 Å². The molecule has 1 atom stereocenters. The second kappa shape index (κ2) is 4.86. The van der Waals surface area contributed by atoms with Gasteiger partial charge in [-0.25, -0.2) is 4.98 Å². The molecule has 1 N–H and O–H groups in total. The molecule has 3 rings (SSSR count). The van der Waals surface area contributed by atoms with Crippen molar-refractivity contribution in [1.82, 2.24) is 4.98 Å². The predicted octanol–water partition coefficient (Wildman–Crippen LogP) is 3.41. The minimum absolute atomic E-state index is 0.388. The van der Waals surface area contributed by atoms with Crippen molar-refractivity contribution in [2.24, 2.45) is 0 Å². The third-order valence-electron chi connectivity index (χ3n) is 3.25. The minimum atomic E-state index is -0.589. The third-order valence-corrected chi connectivity index (χ3v) is 3.25. The first kappa shape index (κ1) is 11.9. The standard InChI is InChI=1S/C16H15NO2/c1-11-6-2-3-7-12(11)14(18)10-16-17-13-8-4-5-9-15(13)19-16/h2-9,14,18H,10H2,1H3. The maximum atomic E-state index is 10.3. The maximum absolute atomic E-state index is 10.3. The van der Waals surface area contributed by atoms with Crippen LogP contribution in [-0.2, 0) is 6.42 Å². The molecule has 1 unspecified atom stereocenters. The largest absolute Gasteiger partial charge is 0.441 e. The lowest BCUT2D eigenvalue weighted by molar-refractivity contribution is 0.168. The Morgan fingerprint density at radius 1 is 1.11 bits per heavy atom. The van der Waals surface area contributed by atoms with E-state index in [0.29, 0.717) is 12.3 Å². The second-order valence-electron chi connectivity index (χ2n) is 4.65. The van der Waals surface area contributed by atoms with Crippen LogP contribution in [0, 0.1) is 6.92 Å².